The standard InChI is InChI=1S/C14H26N2O2/c17-9-6-12-4-3-8-16(11-12)14(18)10-13-5-1-2-7-15-13/h12-13,15,17H,1-11H2. The molecule has 0 saturated carbocycles. The van der Waals surface area contributed by atoms with Gasteiger partial charge in [-0.25, -0.2) is 0 Å². The van der Waals surface area contributed by atoms with E-state index in [0.29, 0.717) is 24.3 Å². The van der Waals surface area contributed by atoms with Gasteiger partial charge in [-0.15, -0.1) is 0 Å². The molecule has 104 valence electrons. The molecule has 0 aromatic rings. The molecule has 4 heteroatoms. The zero-order chi connectivity index (χ0) is 12.8. The fraction of sp³-hybridized carbons (Fsp3) is 0.929. The van der Waals surface area contributed by atoms with Gasteiger partial charge in [0.2, 0.25) is 5.91 Å². The summed E-state index contributed by atoms with van der Waals surface area (Å²) in [5.74, 6) is 0.809. The Morgan fingerprint density at radius 2 is 2.17 bits per heavy atom. The summed E-state index contributed by atoms with van der Waals surface area (Å²) in [6, 6.07) is 0.393. The van der Waals surface area contributed by atoms with Crippen molar-refractivity contribution in [2.45, 2.75) is 51.0 Å². The molecule has 4 nitrogen and oxygen atoms in total. The minimum atomic E-state index is 0.247. The molecule has 0 aromatic carbocycles. The van der Waals surface area contributed by atoms with Crippen molar-refractivity contribution < 1.29 is 9.90 Å². The van der Waals surface area contributed by atoms with Gasteiger partial charge in [-0.1, -0.05) is 6.42 Å². The molecule has 2 atom stereocenters. The summed E-state index contributed by atoms with van der Waals surface area (Å²) in [5.41, 5.74) is 0. The summed E-state index contributed by atoms with van der Waals surface area (Å²) in [7, 11) is 0. The molecule has 2 aliphatic rings. The highest BCUT2D eigenvalue weighted by atomic mass is 16.3. The van der Waals surface area contributed by atoms with E-state index in [0.717, 1.165) is 45.3 Å². The van der Waals surface area contributed by atoms with Crippen LogP contribution in [-0.2, 0) is 4.79 Å². The predicted octanol–water partition coefficient (Wildman–Crippen LogP) is 1.14. The number of hydrogen-bond donors (Lipinski definition) is 2. The van der Waals surface area contributed by atoms with Gasteiger partial charge in [-0.3, -0.25) is 4.79 Å². The van der Waals surface area contributed by atoms with Gasteiger partial charge in [0.1, 0.15) is 0 Å². The number of nitrogens with one attached hydrogen (secondary N) is 1. The Morgan fingerprint density at radius 1 is 1.28 bits per heavy atom. The smallest absolute Gasteiger partial charge is 0.224 e. The van der Waals surface area contributed by atoms with Gasteiger partial charge in [0.15, 0.2) is 0 Å². The molecule has 0 bridgehead atoms. The first-order valence-electron chi connectivity index (χ1n) is 7.41. The molecule has 2 N–H and O–H groups in total. The number of carbonyl (C=O) groups is 1. The lowest BCUT2D eigenvalue weighted by Gasteiger charge is -2.34. The first kappa shape index (κ1) is 13.8. The lowest BCUT2D eigenvalue weighted by Crippen LogP contribution is -2.44. The second kappa shape index (κ2) is 7.10. The lowest BCUT2D eigenvalue weighted by atomic mass is 9.94. The van der Waals surface area contributed by atoms with Crippen LogP contribution in [0, 0.1) is 5.92 Å². The quantitative estimate of drug-likeness (QED) is 0.791. The van der Waals surface area contributed by atoms with Crippen LogP contribution in [0.1, 0.15) is 44.9 Å². The summed E-state index contributed by atoms with van der Waals surface area (Å²) in [5, 5.41) is 12.4. The molecule has 2 unspecified atom stereocenters. The maximum Gasteiger partial charge on any atom is 0.224 e. The zero-order valence-corrected chi connectivity index (χ0v) is 11.2. The van der Waals surface area contributed by atoms with E-state index in [4.69, 9.17) is 5.11 Å². The number of nitrogens with zero attached hydrogens (tertiary/aromatic N) is 1. The summed E-state index contributed by atoms with van der Waals surface area (Å²) in [6.45, 7) is 3.07. The van der Waals surface area contributed by atoms with Crippen LogP contribution in [0.15, 0.2) is 0 Å². The first-order chi connectivity index (χ1) is 8.79. The van der Waals surface area contributed by atoms with Crippen molar-refractivity contribution in [2.24, 2.45) is 5.92 Å². The monoisotopic (exact) mass is 254 g/mol. The molecule has 0 spiro atoms. The number of aliphatic hydroxyl groups is 1. The second-order valence-electron chi connectivity index (χ2n) is 5.71. The van der Waals surface area contributed by atoms with E-state index in [2.05, 4.69) is 5.32 Å². The van der Waals surface area contributed by atoms with Gasteiger partial charge < -0.3 is 15.3 Å². The predicted molar refractivity (Wildman–Crippen MR) is 71.3 cm³/mol. The van der Waals surface area contributed by atoms with Crippen molar-refractivity contribution in [3.05, 3.63) is 0 Å². The van der Waals surface area contributed by atoms with E-state index in [-0.39, 0.29) is 6.61 Å². The average molecular weight is 254 g/mol. The van der Waals surface area contributed by atoms with Gasteiger partial charge in [0.25, 0.3) is 0 Å². The fourth-order valence-electron chi connectivity index (χ4n) is 3.15. The van der Waals surface area contributed by atoms with Crippen molar-refractivity contribution in [2.75, 3.05) is 26.2 Å². The molecule has 18 heavy (non-hydrogen) atoms. The third kappa shape index (κ3) is 3.95. The van der Waals surface area contributed by atoms with E-state index in [1.165, 1.54) is 12.8 Å². The van der Waals surface area contributed by atoms with Crippen LogP contribution in [-0.4, -0.2) is 48.2 Å². The molecule has 0 radical (unpaired) electrons. The van der Waals surface area contributed by atoms with Crippen molar-refractivity contribution in [3.8, 4) is 0 Å². The maximum absolute atomic E-state index is 12.2. The molecule has 2 rings (SSSR count). The largest absolute Gasteiger partial charge is 0.396 e. The van der Waals surface area contributed by atoms with Crippen LogP contribution in [0.3, 0.4) is 0 Å². The van der Waals surface area contributed by atoms with E-state index in [1.807, 2.05) is 4.90 Å². The third-order valence-corrected chi connectivity index (χ3v) is 4.24. The molecule has 2 heterocycles. The summed E-state index contributed by atoms with van der Waals surface area (Å²) >= 11 is 0. The molecule has 0 aromatic heterocycles. The molecule has 2 fully saturated rings. The Kier molecular flexibility index (Phi) is 5.45. The van der Waals surface area contributed by atoms with Gasteiger partial charge in [0, 0.05) is 32.2 Å². The van der Waals surface area contributed by atoms with Crippen LogP contribution in [0.5, 0.6) is 0 Å². The van der Waals surface area contributed by atoms with Crippen LogP contribution >= 0.6 is 0 Å². The van der Waals surface area contributed by atoms with Crippen molar-refractivity contribution >= 4 is 5.91 Å². The second-order valence-corrected chi connectivity index (χ2v) is 5.71. The molecular formula is C14H26N2O2. The van der Waals surface area contributed by atoms with Crippen molar-refractivity contribution in [1.82, 2.24) is 10.2 Å². The normalized spacial score (nSPS) is 29.3. The summed E-state index contributed by atoms with van der Waals surface area (Å²) in [6.07, 6.45) is 7.38. The average Bonchev–Trinajstić information content (AvgIpc) is 2.40. The minimum Gasteiger partial charge on any atom is -0.396 e. The van der Waals surface area contributed by atoms with Gasteiger partial charge in [0.05, 0.1) is 0 Å². The molecule has 0 aliphatic carbocycles. The topological polar surface area (TPSA) is 52.6 Å². The Labute approximate surface area is 110 Å². The third-order valence-electron chi connectivity index (χ3n) is 4.24. The molecule has 1 amide bonds. The fourth-order valence-corrected chi connectivity index (χ4v) is 3.15. The van der Waals surface area contributed by atoms with E-state index in [9.17, 15) is 4.79 Å². The number of amides is 1. The highest BCUT2D eigenvalue weighted by Crippen LogP contribution is 2.21. The van der Waals surface area contributed by atoms with Gasteiger partial charge >= 0.3 is 0 Å². The first-order valence-corrected chi connectivity index (χ1v) is 7.41. The Balaban J connectivity index is 1.76. The number of carbonyl (C=O) groups excluding carboxylic acids is 1. The summed E-state index contributed by atoms with van der Waals surface area (Å²) in [4.78, 5) is 14.3. The van der Waals surface area contributed by atoms with Crippen molar-refractivity contribution in [1.29, 1.82) is 0 Å². The van der Waals surface area contributed by atoms with Crippen LogP contribution in [0.25, 0.3) is 0 Å². The van der Waals surface area contributed by atoms with Crippen molar-refractivity contribution in [3.63, 3.8) is 0 Å². The van der Waals surface area contributed by atoms with Crippen LogP contribution in [0.2, 0.25) is 0 Å². The number of hydrogen-bond acceptors (Lipinski definition) is 3. The van der Waals surface area contributed by atoms with E-state index < -0.39 is 0 Å². The van der Waals surface area contributed by atoms with Gasteiger partial charge in [-0.05, 0) is 44.6 Å². The lowest BCUT2D eigenvalue weighted by molar-refractivity contribution is -0.133. The van der Waals surface area contributed by atoms with E-state index in [1.54, 1.807) is 0 Å². The summed E-state index contributed by atoms with van der Waals surface area (Å²) < 4.78 is 0. The number of piperidine rings is 2. The number of likely N-dealkylation sites (tertiary alicyclic amines) is 1. The highest BCUT2D eigenvalue weighted by molar-refractivity contribution is 5.77. The molecular weight excluding hydrogens is 228 g/mol. The maximum atomic E-state index is 12.2. The van der Waals surface area contributed by atoms with Crippen LogP contribution in [0.4, 0.5) is 0 Å². The number of aliphatic hydroxyl groups excluding tert-OH is 1. The van der Waals surface area contributed by atoms with Crippen LogP contribution < -0.4 is 5.32 Å². The Bertz CT molecular complexity index is 263. The number of rotatable bonds is 4. The van der Waals surface area contributed by atoms with E-state index >= 15 is 0 Å². The Morgan fingerprint density at radius 3 is 2.89 bits per heavy atom. The molecule has 2 saturated heterocycles. The molecule has 2 aliphatic heterocycles. The zero-order valence-electron chi connectivity index (χ0n) is 11.2. The Hall–Kier alpha value is -0.610. The SMILES string of the molecule is O=C(CC1CCCCN1)N1CCCC(CCO)C1. The minimum absolute atomic E-state index is 0.247. The highest BCUT2D eigenvalue weighted by Gasteiger charge is 2.25. The van der Waals surface area contributed by atoms with Gasteiger partial charge in [-0.2, -0.15) is 0 Å².